The molecule has 20 heavy (non-hydrogen) atoms. The molecule has 0 aliphatic heterocycles. The number of benzene rings is 2. The van der Waals surface area contributed by atoms with Crippen LogP contribution in [0.15, 0.2) is 42.5 Å². The standard InChI is InChI=1S/C14H8F3NOS/c15-14(16,17)9-3-1-2-8(6-9)13-18-11-7-10(19)4-5-12(11)20-13/h1-7,19H. The molecule has 0 bridgehead atoms. The van der Waals surface area contributed by atoms with Crippen LogP contribution < -0.4 is 0 Å². The summed E-state index contributed by atoms with van der Waals surface area (Å²) in [6.07, 6.45) is -4.37. The maximum absolute atomic E-state index is 12.7. The van der Waals surface area contributed by atoms with E-state index in [0.29, 0.717) is 16.1 Å². The molecule has 0 saturated heterocycles. The zero-order chi connectivity index (χ0) is 14.3. The molecule has 0 unspecified atom stereocenters. The summed E-state index contributed by atoms with van der Waals surface area (Å²) in [5.74, 6) is 0.0818. The summed E-state index contributed by atoms with van der Waals surface area (Å²) in [6.45, 7) is 0. The van der Waals surface area contributed by atoms with Gasteiger partial charge in [0.1, 0.15) is 10.8 Å². The van der Waals surface area contributed by atoms with Gasteiger partial charge < -0.3 is 5.11 Å². The van der Waals surface area contributed by atoms with Crippen molar-refractivity contribution in [2.75, 3.05) is 0 Å². The molecule has 0 fully saturated rings. The van der Waals surface area contributed by atoms with Crippen LogP contribution in [0.3, 0.4) is 0 Å². The number of hydrogen-bond acceptors (Lipinski definition) is 3. The van der Waals surface area contributed by atoms with Crippen LogP contribution in [0, 0.1) is 0 Å². The van der Waals surface area contributed by atoms with Gasteiger partial charge in [0.05, 0.1) is 15.8 Å². The number of thiazole rings is 1. The summed E-state index contributed by atoms with van der Waals surface area (Å²) in [5, 5.41) is 9.87. The lowest BCUT2D eigenvalue weighted by Crippen LogP contribution is -2.04. The van der Waals surface area contributed by atoms with Crippen molar-refractivity contribution in [3.05, 3.63) is 48.0 Å². The lowest BCUT2D eigenvalue weighted by molar-refractivity contribution is -0.137. The van der Waals surface area contributed by atoms with Gasteiger partial charge in [0.15, 0.2) is 0 Å². The topological polar surface area (TPSA) is 33.1 Å². The third kappa shape index (κ3) is 2.34. The Bertz CT molecular complexity index is 779. The van der Waals surface area contributed by atoms with Crippen LogP contribution in [-0.2, 0) is 6.18 Å². The Morgan fingerprint density at radius 1 is 1.05 bits per heavy atom. The minimum absolute atomic E-state index is 0.0818. The number of rotatable bonds is 1. The Labute approximate surface area is 116 Å². The van der Waals surface area contributed by atoms with Gasteiger partial charge >= 0.3 is 6.18 Å². The highest BCUT2D eigenvalue weighted by atomic mass is 32.1. The summed E-state index contributed by atoms with van der Waals surface area (Å²) in [7, 11) is 0. The second kappa shape index (κ2) is 4.49. The van der Waals surface area contributed by atoms with Crippen LogP contribution in [0.25, 0.3) is 20.8 Å². The first kappa shape index (κ1) is 12.9. The normalized spacial score (nSPS) is 11.9. The number of phenols is 1. The first-order chi connectivity index (χ1) is 9.43. The fourth-order valence-electron chi connectivity index (χ4n) is 1.87. The highest BCUT2D eigenvalue weighted by Gasteiger charge is 2.30. The van der Waals surface area contributed by atoms with Crippen LogP contribution in [0.5, 0.6) is 5.75 Å². The van der Waals surface area contributed by atoms with Crippen LogP contribution in [0.1, 0.15) is 5.56 Å². The predicted molar refractivity (Wildman–Crippen MR) is 71.7 cm³/mol. The Balaban J connectivity index is 2.11. The van der Waals surface area contributed by atoms with E-state index in [1.54, 1.807) is 12.1 Å². The highest BCUT2D eigenvalue weighted by Crippen LogP contribution is 2.35. The predicted octanol–water partition coefficient (Wildman–Crippen LogP) is 4.69. The number of phenolic OH excluding ortho intramolecular Hbond substituents is 1. The van der Waals surface area contributed by atoms with E-state index >= 15 is 0 Å². The molecule has 6 heteroatoms. The zero-order valence-corrected chi connectivity index (χ0v) is 10.8. The zero-order valence-electron chi connectivity index (χ0n) is 9.98. The second-order valence-electron chi connectivity index (χ2n) is 4.25. The van der Waals surface area contributed by atoms with Crippen LogP contribution in [-0.4, -0.2) is 10.1 Å². The van der Waals surface area contributed by atoms with Gasteiger partial charge in [0.2, 0.25) is 0 Å². The molecule has 0 spiro atoms. The molecule has 1 aromatic heterocycles. The minimum atomic E-state index is -4.37. The molecule has 1 heterocycles. The van der Waals surface area contributed by atoms with Crippen molar-refractivity contribution in [3.8, 4) is 16.3 Å². The number of halogens is 3. The molecule has 0 amide bonds. The van der Waals surface area contributed by atoms with E-state index in [0.717, 1.165) is 16.8 Å². The van der Waals surface area contributed by atoms with E-state index in [9.17, 15) is 18.3 Å². The number of nitrogens with zero attached hydrogens (tertiary/aromatic N) is 1. The number of aromatic nitrogens is 1. The Hall–Kier alpha value is -2.08. The van der Waals surface area contributed by atoms with E-state index < -0.39 is 11.7 Å². The van der Waals surface area contributed by atoms with Gasteiger partial charge in [0.25, 0.3) is 0 Å². The first-order valence-corrected chi connectivity index (χ1v) is 6.52. The number of aromatic hydroxyl groups is 1. The summed E-state index contributed by atoms with van der Waals surface area (Å²) in [5.41, 5.74) is 0.292. The molecule has 1 N–H and O–H groups in total. The first-order valence-electron chi connectivity index (χ1n) is 5.71. The van der Waals surface area contributed by atoms with Crippen LogP contribution in [0.2, 0.25) is 0 Å². The van der Waals surface area contributed by atoms with Gasteiger partial charge in [-0.25, -0.2) is 4.98 Å². The number of alkyl halides is 3. The SMILES string of the molecule is Oc1ccc2sc(-c3cccc(C(F)(F)F)c3)nc2c1. The monoisotopic (exact) mass is 295 g/mol. The molecule has 0 aliphatic carbocycles. The molecule has 2 aromatic carbocycles. The lowest BCUT2D eigenvalue weighted by atomic mass is 10.1. The molecule has 0 aliphatic rings. The molecule has 102 valence electrons. The summed E-state index contributed by atoms with van der Waals surface area (Å²) in [6, 6.07) is 9.77. The van der Waals surface area contributed by atoms with Gasteiger partial charge in [-0.2, -0.15) is 13.2 Å². The average Bonchev–Trinajstić information content (AvgIpc) is 2.81. The summed E-state index contributed by atoms with van der Waals surface area (Å²) in [4.78, 5) is 4.26. The smallest absolute Gasteiger partial charge is 0.416 e. The van der Waals surface area contributed by atoms with E-state index in [1.807, 2.05) is 0 Å². The van der Waals surface area contributed by atoms with Crippen LogP contribution in [0.4, 0.5) is 13.2 Å². The summed E-state index contributed by atoms with van der Waals surface area (Å²) >= 11 is 1.29. The fraction of sp³-hybridized carbons (Fsp3) is 0.0714. The van der Waals surface area contributed by atoms with Gasteiger partial charge in [-0.15, -0.1) is 11.3 Å². The van der Waals surface area contributed by atoms with Crippen molar-refractivity contribution in [2.24, 2.45) is 0 Å². The van der Waals surface area contributed by atoms with E-state index in [4.69, 9.17) is 0 Å². The third-order valence-corrected chi connectivity index (χ3v) is 3.89. The minimum Gasteiger partial charge on any atom is -0.508 e. The molecule has 0 atom stereocenters. The van der Waals surface area contributed by atoms with Crippen molar-refractivity contribution >= 4 is 21.6 Å². The maximum Gasteiger partial charge on any atom is 0.416 e. The molecule has 3 rings (SSSR count). The van der Waals surface area contributed by atoms with Gasteiger partial charge in [-0.3, -0.25) is 0 Å². The lowest BCUT2D eigenvalue weighted by Gasteiger charge is -2.07. The molecule has 0 radical (unpaired) electrons. The Morgan fingerprint density at radius 3 is 2.60 bits per heavy atom. The summed E-state index contributed by atoms with van der Waals surface area (Å²) < 4.78 is 38.9. The second-order valence-corrected chi connectivity index (χ2v) is 5.28. The molecular weight excluding hydrogens is 287 g/mol. The Kier molecular flexibility index (Phi) is 2.90. The largest absolute Gasteiger partial charge is 0.508 e. The van der Waals surface area contributed by atoms with Gasteiger partial charge in [-0.05, 0) is 24.3 Å². The number of hydrogen-bond donors (Lipinski definition) is 1. The van der Waals surface area contributed by atoms with E-state index in [2.05, 4.69) is 4.98 Å². The van der Waals surface area contributed by atoms with Crippen molar-refractivity contribution in [3.63, 3.8) is 0 Å². The Morgan fingerprint density at radius 2 is 1.85 bits per heavy atom. The molecular formula is C14H8F3NOS. The highest BCUT2D eigenvalue weighted by molar-refractivity contribution is 7.21. The molecule has 3 aromatic rings. The third-order valence-electron chi connectivity index (χ3n) is 2.81. The average molecular weight is 295 g/mol. The van der Waals surface area contributed by atoms with Crippen molar-refractivity contribution in [2.45, 2.75) is 6.18 Å². The van der Waals surface area contributed by atoms with Gasteiger partial charge in [0, 0.05) is 11.6 Å². The van der Waals surface area contributed by atoms with E-state index in [1.165, 1.54) is 29.5 Å². The van der Waals surface area contributed by atoms with Crippen molar-refractivity contribution in [1.29, 1.82) is 0 Å². The molecule has 2 nitrogen and oxygen atoms in total. The fourth-order valence-corrected chi connectivity index (χ4v) is 2.81. The van der Waals surface area contributed by atoms with Crippen LogP contribution >= 0.6 is 11.3 Å². The molecule has 0 saturated carbocycles. The van der Waals surface area contributed by atoms with Gasteiger partial charge in [-0.1, -0.05) is 12.1 Å². The van der Waals surface area contributed by atoms with E-state index in [-0.39, 0.29) is 5.75 Å². The van der Waals surface area contributed by atoms with Crippen molar-refractivity contribution < 1.29 is 18.3 Å². The number of fused-ring (bicyclic) bond motifs is 1. The maximum atomic E-state index is 12.7. The quantitative estimate of drug-likeness (QED) is 0.706. The van der Waals surface area contributed by atoms with Crippen molar-refractivity contribution in [1.82, 2.24) is 4.98 Å².